The first-order valence-corrected chi connectivity index (χ1v) is 6.33. The van der Waals surface area contributed by atoms with Crippen molar-refractivity contribution in [3.8, 4) is 5.75 Å². The number of hydrogen-bond donors (Lipinski definition) is 2. The van der Waals surface area contributed by atoms with Crippen LogP contribution in [0.3, 0.4) is 0 Å². The Kier molecular flexibility index (Phi) is 3.07. The molecule has 0 aliphatic carbocycles. The molecule has 0 aliphatic heterocycles. The second-order valence-corrected chi connectivity index (χ2v) is 4.56. The van der Waals surface area contributed by atoms with E-state index in [1.165, 1.54) is 5.56 Å². The third-order valence-electron chi connectivity index (χ3n) is 3.20. The summed E-state index contributed by atoms with van der Waals surface area (Å²) in [5, 5.41) is 11.0. The molecule has 0 saturated carbocycles. The molecule has 3 rings (SSSR count). The average Bonchev–Trinajstić information content (AvgIpc) is 2.87. The second kappa shape index (κ2) is 5.02. The molecule has 1 heterocycles. The lowest BCUT2D eigenvalue weighted by molar-refractivity contribution is 0.470. The van der Waals surface area contributed by atoms with Crippen molar-refractivity contribution in [1.29, 1.82) is 0 Å². The van der Waals surface area contributed by atoms with Crippen molar-refractivity contribution in [2.45, 2.75) is 6.42 Å². The van der Waals surface area contributed by atoms with Crippen LogP contribution in [0.15, 0.2) is 60.8 Å². The van der Waals surface area contributed by atoms with Crippen molar-refractivity contribution >= 4 is 17.0 Å². The molecule has 19 heavy (non-hydrogen) atoms. The Morgan fingerprint density at radius 3 is 2.74 bits per heavy atom. The van der Waals surface area contributed by atoms with Crippen LogP contribution in [-0.4, -0.2) is 10.1 Å². The second-order valence-electron chi connectivity index (χ2n) is 4.56. The van der Waals surface area contributed by atoms with Crippen molar-refractivity contribution in [1.82, 2.24) is 4.98 Å². The van der Waals surface area contributed by atoms with E-state index in [1.54, 1.807) is 6.07 Å². The van der Waals surface area contributed by atoms with Crippen LogP contribution in [0.5, 0.6) is 5.75 Å². The van der Waals surface area contributed by atoms with Crippen molar-refractivity contribution < 1.29 is 5.11 Å². The fourth-order valence-electron chi connectivity index (χ4n) is 2.18. The van der Waals surface area contributed by atoms with Crippen LogP contribution in [0.2, 0.25) is 0 Å². The highest BCUT2D eigenvalue weighted by Crippen LogP contribution is 2.25. The summed E-state index contributed by atoms with van der Waals surface area (Å²) < 4.78 is 0. The van der Waals surface area contributed by atoms with Gasteiger partial charge in [0, 0.05) is 17.1 Å². The normalized spacial score (nSPS) is 11.4. The Balaban J connectivity index is 1.81. The monoisotopic (exact) mass is 249 g/mol. The first-order valence-electron chi connectivity index (χ1n) is 6.33. The third-order valence-corrected chi connectivity index (χ3v) is 3.20. The van der Waals surface area contributed by atoms with E-state index in [4.69, 9.17) is 0 Å². The minimum absolute atomic E-state index is 0.352. The number of phenols is 1. The van der Waals surface area contributed by atoms with E-state index < -0.39 is 0 Å². The molecule has 0 atom stereocenters. The lowest BCUT2D eigenvalue weighted by Crippen LogP contribution is -1.83. The molecule has 0 unspecified atom stereocenters. The molecule has 94 valence electrons. The first-order chi connectivity index (χ1) is 9.33. The smallest absolute Gasteiger partial charge is 0.119 e. The molecule has 2 N–H and O–H groups in total. The molecule has 0 bridgehead atoms. The zero-order valence-corrected chi connectivity index (χ0v) is 10.5. The number of phenolic OH excluding ortho intramolecular Hbond substituents is 1. The molecular formula is C17H15NO. The van der Waals surface area contributed by atoms with Gasteiger partial charge in [0.25, 0.3) is 0 Å². The van der Waals surface area contributed by atoms with Crippen molar-refractivity contribution in [3.05, 3.63) is 71.9 Å². The van der Waals surface area contributed by atoms with E-state index in [1.807, 2.05) is 36.5 Å². The number of hydrogen-bond acceptors (Lipinski definition) is 1. The molecule has 0 radical (unpaired) electrons. The van der Waals surface area contributed by atoms with Gasteiger partial charge in [-0.05, 0) is 35.7 Å². The van der Waals surface area contributed by atoms with Crippen molar-refractivity contribution in [2.24, 2.45) is 0 Å². The largest absolute Gasteiger partial charge is 0.508 e. The van der Waals surface area contributed by atoms with E-state index in [-0.39, 0.29) is 0 Å². The molecular weight excluding hydrogens is 234 g/mol. The standard InChI is InChI=1S/C17H15NO/c19-17-12-14-9-10-18-16(14)11-15(17)8-4-7-13-5-2-1-3-6-13/h1-7,9-12,18-19H,8H2/b7-4+. The Labute approximate surface area is 112 Å². The quantitative estimate of drug-likeness (QED) is 0.719. The van der Waals surface area contributed by atoms with Gasteiger partial charge in [0.2, 0.25) is 0 Å². The fraction of sp³-hybridized carbons (Fsp3) is 0.0588. The van der Waals surface area contributed by atoms with E-state index in [2.05, 4.69) is 29.3 Å². The van der Waals surface area contributed by atoms with Crippen molar-refractivity contribution in [2.75, 3.05) is 0 Å². The highest BCUT2D eigenvalue weighted by atomic mass is 16.3. The number of aromatic hydroxyl groups is 1. The Morgan fingerprint density at radius 1 is 1.05 bits per heavy atom. The summed E-state index contributed by atoms with van der Waals surface area (Å²) in [6.45, 7) is 0. The maximum absolute atomic E-state index is 9.98. The van der Waals surface area contributed by atoms with Crippen LogP contribution < -0.4 is 0 Å². The van der Waals surface area contributed by atoms with Crippen molar-refractivity contribution in [3.63, 3.8) is 0 Å². The number of aromatic amines is 1. The van der Waals surface area contributed by atoms with Gasteiger partial charge in [-0.1, -0.05) is 42.5 Å². The SMILES string of the molecule is Oc1cc2cc[nH]c2cc1C/C=C/c1ccccc1. The van der Waals surface area contributed by atoms with Gasteiger partial charge < -0.3 is 10.1 Å². The number of allylic oxidation sites excluding steroid dienone is 1. The van der Waals surface area contributed by atoms with Gasteiger partial charge in [-0.15, -0.1) is 0 Å². The van der Waals surface area contributed by atoms with Crippen LogP contribution in [-0.2, 0) is 6.42 Å². The average molecular weight is 249 g/mol. The van der Waals surface area contributed by atoms with E-state index in [0.29, 0.717) is 5.75 Å². The van der Waals surface area contributed by atoms with Gasteiger partial charge in [-0.25, -0.2) is 0 Å². The minimum atomic E-state index is 0.352. The van der Waals surface area contributed by atoms with Gasteiger partial charge >= 0.3 is 0 Å². The summed E-state index contributed by atoms with van der Waals surface area (Å²) in [7, 11) is 0. The first kappa shape index (κ1) is 11.6. The number of H-pyrrole nitrogens is 1. The molecule has 0 amide bonds. The van der Waals surface area contributed by atoms with Crippen LogP contribution >= 0.6 is 0 Å². The van der Waals surface area contributed by atoms with Gasteiger partial charge in [0.05, 0.1) is 0 Å². The molecule has 0 spiro atoms. The fourth-order valence-corrected chi connectivity index (χ4v) is 2.18. The summed E-state index contributed by atoms with van der Waals surface area (Å²) in [6, 6.07) is 15.9. The zero-order chi connectivity index (χ0) is 13.1. The number of nitrogens with one attached hydrogen (secondary N) is 1. The molecule has 0 fully saturated rings. The molecule has 0 aliphatic rings. The summed E-state index contributed by atoms with van der Waals surface area (Å²) in [4.78, 5) is 3.16. The zero-order valence-electron chi connectivity index (χ0n) is 10.5. The topological polar surface area (TPSA) is 36.0 Å². The van der Waals surface area contributed by atoms with Crippen LogP contribution in [0.1, 0.15) is 11.1 Å². The Bertz CT molecular complexity index is 710. The Morgan fingerprint density at radius 2 is 1.89 bits per heavy atom. The number of rotatable bonds is 3. The number of benzene rings is 2. The van der Waals surface area contributed by atoms with Crippen LogP contribution in [0.25, 0.3) is 17.0 Å². The Hall–Kier alpha value is -2.48. The maximum Gasteiger partial charge on any atom is 0.119 e. The minimum Gasteiger partial charge on any atom is -0.508 e. The predicted octanol–water partition coefficient (Wildman–Crippen LogP) is 4.13. The molecule has 1 aromatic heterocycles. The van der Waals surface area contributed by atoms with Crippen LogP contribution in [0, 0.1) is 0 Å². The van der Waals surface area contributed by atoms with E-state index >= 15 is 0 Å². The highest BCUT2D eigenvalue weighted by molar-refractivity contribution is 5.82. The van der Waals surface area contributed by atoms with Gasteiger partial charge in [-0.3, -0.25) is 0 Å². The van der Waals surface area contributed by atoms with Crippen LogP contribution in [0.4, 0.5) is 0 Å². The molecule has 2 heteroatoms. The molecule has 2 aromatic carbocycles. The lowest BCUT2D eigenvalue weighted by atomic mass is 10.1. The van der Waals surface area contributed by atoms with Gasteiger partial charge in [0.15, 0.2) is 0 Å². The van der Waals surface area contributed by atoms with E-state index in [9.17, 15) is 5.11 Å². The molecule has 3 aromatic rings. The summed E-state index contributed by atoms with van der Waals surface area (Å²) in [6.07, 6.45) is 6.74. The molecule has 2 nitrogen and oxygen atoms in total. The van der Waals surface area contributed by atoms with Gasteiger partial charge in [0.1, 0.15) is 5.75 Å². The highest BCUT2D eigenvalue weighted by Gasteiger charge is 2.02. The summed E-state index contributed by atoms with van der Waals surface area (Å²) in [5.41, 5.74) is 3.16. The lowest BCUT2D eigenvalue weighted by Gasteiger charge is -2.02. The van der Waals surface area contributed by atoms with Gasteiger partial charge in [-0.2, -0.15) is 0 Å². The number of fused-ring (bicyclic) bond motifs is 1. The molecule has 0 saturated heterocycles. The van der Waals surface area contributed by atoms with E-state index in [0.717, 1.165) is 22.9 Å². The maximum atomic E-state index is 9.98. The summed E-state index contributed by atoms with van der Waals surface area (Å²) in [5.74, 6) is 0.352. The predicted molar refractivity (Wildman–Crippen MR) is 79.1 cm³/mol. The summed E-state index contributed by atoms with van der Waals surface area (Å²) >= 11 is 0. The third kappa shape index (κ3) is 2.52. The number of aromatic nitrogens is 1.